The monoisotopic (exact) mass is 247 g/mol. The van der Waals surface area contributed by atoms with E-state index in [0.717, 1.165) is 18.6 Å². The van der Waals surface area contributed by atoms with E-state index in [-0.39, 0.29) is 5.54 Å². The van der Waals surface area contributed by atoms with Gasteiger partial charge in [0.15, 0.2) is 0 Å². The average molecular weight is 247 g/mol. The van der Waals surface area contributed by atoms with E-state index in [9.17, 15) is 0 Å². The van der Waals surface area contributed by atoms with Crippen LogP contribution >= 0.6 is 0 Å². The lowest BCUT2D eigenvalue weighted by atomic mass is 9.99. The summed E-state index contributed by atoms with van der Waals surface area (Å²) in [5.41, 5.74) is 8.25. The van der Waals surface area contributed by atoms with Crippen LogP contribution in [0.5, 0.6) is 5.75 Å². The minimum absolute atomic E-state index is 0.0842. The lowest BCUT2D eigenvalue weighted by molar-refractivity contribution is 0.338. The highest BCUT2D eigenvalue weighted by Gasteiger charge is 2.07. The molecule has 100 valence electrons. The van der Waals surface area contributed by atoms with Crippen LogP contribution in [0.1, 0.15) is 44.7 Å². The number of aryl methyl sites for hydroxylation is 1. The van der Waals surface area contributed by atoms with Crippen LogP contribution in [-0.4, -0.2) is 12.1 Å². The summed E-state index contributed by atoms with van der Waals surface area (Å²) >= 11 is 0. The zero-order valence-electron chi connectivity index (χ0n) is 12.0. The van der Waals surface area contributed by atoms with Crippen molar-refractivity contribution in [1.29, 1.82) is 0 Å². The molecule has 0 amide bonds. The fourth-order valence-corrected chi connectivity index (χ4v) is 1.77. The van der Waals surface area contributed by atoms with Crippen molar-refractivity contribution in [3.05, 3.63) is 35.4 Å². The van der Waals surface area contributed by atoms with Crippen LogP contribution in [0.4, 0.5) is 0 Å². The minimum atomic E-state index is -0.0842. The Kier molecular flexibility index (Phi) is 5.42. The maximum Gasteiger partial charge on any atom is 0.122 e. The zero-order chi connectivity index (χ0) is 13.6. The first-order valence-electron chi connectivity index (χ1n) is 6.61. The van der Waals surface area contributed by atoms with Crippen LogP contribution in [0.25, 0.3) is 6.08 Å². The molecular weight excluding hydrogens is 222 g/mol. The van der Waals surface area contributed by atoms with Crippen molar-refractivity contribution in [2.45, 2.75) is 46.1 Å². The molecule has 0 aliphatic rings. The maximum absolute atomic E-state index is 5.94. The average Bonchev–Trinajstić information content (AvgIpc) is 2.27. The lowest BCUT2D eigenvalue weighted by Gasteiger charge is -2.16. The Hall–Kier alpha value is -1.28. The first-order valence-corrected chi connectivity index (χ1v) is 6.61. The highest BCUT2D eigenvalue weighted by Crippen LogP contribution is 2.20. The van der Waals surface area contributed by atoms with Gasteiger partial charge in [-0.05, 0) is 63.8 Å². The summed E-state index contributed by atoms with van der Waals surface area (Å²) in [6.07, 6.45) is 6.34. The predicted molar refractivity (Wildman–Crippen MR) is 78.9 cm³/mol. The summed E-state index contributed by atoms with van der Waals surface area (Å²) in [5, 5.41) is 0. The van der Waals surface area contributed by atoms with Crippen molar-refractivity contribution in [3.63, 3.8) is 0 Å². The number of ether oxygens (including phenoxy) is 1. The van der Waals surface area contributed by atoms with Gasteiger partial charge in [-0.15, -0.1) is 0 Å². The zero-order valence-corrected chi connectivity index (χ0v) is 12.0. The molecule has 0 aromatic heterocycles. The van der Waals surface area contributed by atoms with Crippen molar-refractivity contribution < 1.29 is 4.74 Å². The SMILES string of the molecule is CCOc1ccc(/C=C/CCC(C)(C)N)cc1C. The molecule has 0 heterocycles. The molecule has 0 saturated carbocycles. The normalized spacial score (nSPS) is 12.1. The summed E-state index contributed by atoms with van der Waals surface area (Å²) < 4.78 is 5.52. The molecule has 18 heavy (non-hydrogen) atoms. The van der Waals surface area contributed by atoms with Crippen LogP contribution in [0, 0.1) is 6.92 Å². The molecule has 0 aliphatic carbocycles. The van der Waals surface area contributed by atoms with Crippen LogP contribution in [0.3, 0.4) is 0 Å². The van der Waals surface area contributed by atoms with Gasteiger partial charge < -0.3 is 10.5 Å². The molecule has 0 fully saturated rings. The summed E-state index contributed by atoms with van der Waals surface area (Å²) in [7, 11) is 0. The molecule has 1 aromatic carbocycles. The Bertz CT molecular complexity index is 402. The van der Waals surface area contributed by atoms with Gasteiger partial charge in [0.25, 0.3) is 0 Å². The topological polar surface area (TPSA) is 35.2 Å². The summed E-state index contributed by atoms with van der Waals surface area (Å²) in [5.74, 6) is 0.970. The van der Waals surface area contributed by atoms with Crippen molar-refractivity contribution in [2.24, 2.45) is 5.73 Å². The first kappa shape index (κ1) is 14.8. The highest BCUT2D eigenvalue weighted by molar-refractivity contribution is 5.53. The third kappa shape index (κ3) is 5.37. The van der Waals surface area contributed by atoms with Gasteiger partial charge in [-0.1, -0.05) is 18.2 Å². The van der Waals surface area contributed by atoms with E-state index in [2.05, 4.69) is 45.1 Å². The van der Waals surface area contributed by atoms with Crippen LogP contribution in [-0.2, 0) is 0 Å². The maximum atomic E-state index is 5.94. The molecule has 0 atom stereocenters. The van der Waals surface area contributed by atoms with Crippen molar-refractivity contribution in [1.82, 2.24) is 0 Å². The number of allylic oxidation sites excluding steroid dienone is 1. The van der Waals surface area contributed by atoms with Crippen molar-refractivity contribution in [3.8, 4) is 5.75 Å². The van der Waals surface area contributed by atoms with Crippen LogP contribution in [0.2, 0.25) is 0 Å². The number of nitrogens with two attached hydrogens (primary N) is 1. The number of rotatable bonds is 6. The van der Waals surface area contributed by atoms with Gasteiger partial charge in [-0.2, -0.15) is 0 Å². The smallest absolute Gasteiger partial charge is 0.122 e. The Morgan fingerprint density at radius 1 is 1.33 bits per heavy atom. The molecule has 2 N–H and O–H groups in total. The fourth-order valence-electron chi connectivity index (χ4n) is 1.77. The molecule has 0 spiro atoms. The Morgan fingerprint density at radius 3 is 2.61 bits per heavy atom. The van der Waals surface area contributed by atoms with Gasteiger partial charge >= 0.3 is 0 Å². The molecule has 0 bridgehead atoms. The van der Waals surface area contributed by atoms with Crippen molar-refractivity contribution in [2.75, 3.05) is 6.61 Å². The summed E-state index contributed by atoms with van der Waals surface area (Å²) in [6.45, 7) is 8.90. The van der Waals surface area contributed by atoms with E-state index < -0.39 is 0 Å². The molecule has 1 rings (SSSR count). The minimum Gasteiger partial charge on any atom is -0.494 e. The van der Waals surface area contributed by atoms with E-state index >= 15 is 0 Å². The molecule has 0 saturated heterocycles. The van der Waals surface area contributed by atoms with Gasteiger partial charge in [-0.25, -0.2) is 0 Å². The second-order valence-electron chi connectivity index (χ2n) is 5.39. The first-order chi connectivity index (χ1) is 8.42. The third-order valence-electron chi connectivity index (χ3n) is 2.76. The highest BCUT2D eigenvalue weighted by atomic mass is 16.5. The van der Waals surface area contributed by atoms with Gasteiger partial charge in [-0.3, -0.25) is 0 Å². The Balaban J connectivity index is 2.58. The molecule has 1 aromatic rings. The molecule has 0 unspecified atom stereocenters. The van der Waals surface area contributed by atoms with E-state index in [1.807, 2.05) is 13.0 Å². The van der Waals surface area contributed by atoms with Gasteiger partial charge in [0.05, 0.1) is 6.61 Å². The van der Waals surface area contributed by atoms with E-state index in [1.54, 1.807) is 0 Å². The molecular formula is C16H25NO. The van der Waals surface area contributed by atoms with Crippen LogP contribution in [0.15, 0.2) is 24.3 Å². The Labute approximate surface area is 111 Å². The second-order valence-corrected chi connectivity index (χ2v) is 5.39. The third-order valence-corrected chi connectivity index (χ3v) is 2.76. The number of hydrogen-bond donors (Lipinski definition) is 1. The second kappa shape index (κ2) is 6.60. The molecule has 2 heteroatoms. The lowest BCUT2D eigenvalue weighted by Crippen LogP contribution is -2.31. The van der Waals surface area contributed by atoms with Crippen LogP contribution < -0.4 is 10.5 Å². The van der Waals surface area contributed by atoms with E-state index in [1.165, 1.54) is 11.1 Å². The predicted octanol–water partition coefficient (Wildman–Crippen LogP) is 3.92. The molecule has 0 aliphatic heterocycles. The molecule has 0 radical (unpaired) electrons. The van der Waals surface area contributed by atoms with Gasteiger partial charge in [0.1, 0.15) is 5.75 Å². The number of hydrogen-bond acceptors (Lipinski definition) is 2. The van der Waals surface area contributed by atoms with Crippen molar-refractivity contribution >= 4 is 6.08 Å². The standard InChI is InChI=1S/C16H25NO/c1-5-18-15-10-9-14(12-13(15)2)8-6-7-11-16(3,4)17/h6,8-10,12H,5,7,11,17H2,1-4H3/b8-6+. The molecule has 2 nitrogen and oxygen atoms in total. The van der Waals surface area contributed by atoms with E-state index in [0.29, 0.717) is 6.61 Å². The largest absolute Gasteiger partial charge is 0.494 e. The summed E-state index contributed by atoms with van der Waals surface area (Å²) in [4.78, 5) is 0. The Morgan fingerprint density at radius 2 is 2.06 bits per heavy atom. The van der Waals surface area contributed by atoms with Gasteiger partial charge in [0.2, 0.25) is 0 Å². The van der Waals surface area contributed by atoms with E-state index in [4.69, 9.17) is 10.5 Å². The fraction of sp³-hybridized carbons (Fsp3) is 0.500. The van der Waals surface area contributed by atoms with Gasteiger partial charge in [0, 0.05) is 5.54 Å². The quantitative estimate of drug-likeness (QED) is 0.826. The summed E-state index contributed by atoms with van der Waals surface area (Å²) in [6, 6.07) is 6.27. The number of benzene rings is 1.